The van der Waals surface area contributed by atoms with Crippen LogP contribution in [0, 0.1) is 23.0 Å². The van der Waals surface area contributed by atoms with Gasteiger partial charge in [-0.1, -0.05) is 72.3 Å². The van der Waals surface area contributed by atoms with Gasteiger partial charge in [0.2, 0.25) is 0 Å². The minimum absolute atomic E-state index is 0.0268. The standard InChI is InChI=1S/C33H27ClF2N2O5/c1-38(32(39)40)19-33(22-11-7-4-8-12-22)23(18-42-17-20-9-5-3-6-10-20)28-26(43-33)15-24(35)30(34)29(28)27-21(16-37)13-14-25(41-2)31(27)36/h3-15,23H,17-19H2,1-2H3,(H,39,40)/t23-,33+/m0/s1. The van der Waals surface area contributed by atoms with Crippen LogP contribution in [0.25, 0.3) is 11.1 Å². The monoisotopic (exact) mass is 604 g/mol. The minimum Gasteiger partial charge on any atom is -0.494 e. The van der Waals surface area contributed by atoms with Crippen LogP contribution in [0.4, 0.5) is 13.6 Å². The van der Waals surface area contributed by atoms with Gasteiger partial charge in [0, 0.05) is 29.8 Å². The van der Waals surface area contributed by atoms with E-state index in [1.54, 1.807) is 30.3 Å². The highest BCUT2D eigenvalue weighted by Gasteiger charge is 2.53. The van der Waals surface area contributed by atoms with E-state index in [0.717, 1.165) is 16.5 Å². The first-order chi connectivity index (χ1) is 20.7. The van der Waals surface area contributed by atoms with E-state index in [9.17, 15) is 15.2 Å². The third kappa shape index (κ3) is 5.47. The van der Waals surface area contributed by atoms with Crippen LogP contribution in [0.3, 0.4) is 0 Å². The summed E-state index contributed by atoms with van der Waals surface area (Å²) >= 11 is 6.61. The van der Waals surface area contributed by atoms with E-state index in [0.29, 0.717) is 5.56 Å². The zero-order valence-electron chi connectivity index (χ0n) is 23.3. The number of carboxylic acid groups (broad SMARTS) is 1. The van der Waals surface area contributed by atoms with E-state index in [1.165, 1.54) is 26.3 Å². The van der Waals surface area contributed by atoms with Crippen LogP contribution in [0.5, 0.6) is 11.5 Å². The number of benzene rings is 4. The van der Waals surface area contributed by atoms with Gasteiger partial charge in [-0.3, -0.25) is 0 Å². The smallest absolute Gasteiger partial charge is 0.407 e. The van der Waals surface area contributed by atoms with Crippen molar-refractivity contribution in [2.24, 2.45) is 0 Å². The third-order valence-electron chi connectivity index (χ3n) is 7.58. The Labute approximate surface area is 252 Å². The Morgan fingerprint density at radius 2 is 1.77 bits per heavy atom. The van der Waals surface area contributed by atoms with Crippen LogP contribution in [0.1, 0.15) is 28.2 Å². The molecule has 2 atom stereocenters. The molecule has 0 saturated heterocycles. The van der Waals surface area contributed by atoms with Crippen LogP contribution in [0.2, 0.25) is 5.02 Å². The van der Waals surface area contributed by atoms with Crippen molar-refractivity contribution in [1.29, 1.82) is 5.26 Å². The Morgan fingerprint density at radius 3 is 2.40 bits per heavy atom. The lowest BCUT2D eigenvalue weighted by Gasteiger charge is -2.37. The van der Waals surface area contributed by atoms with Crippen molar-refractivity contribution in [2.75, 3.05) is 27.3 Å². The third-order valence-corrected chi connectivity index (χ3v) is 7.95. The lowest BCUT2D eigenvalue weighted by molar-refractivity contribution is -0.00488. The van der Waals surface area contributed by atoms with Crippen molar-refractivity contribution >= 4 is 17.7 Å². The van der Waals surface area contributed by atoms with Gasteiger partial charge in [0.05, 0.1) is 49.4 Å². The Hall–Kier alpha value is -4.65. The van der Waals surface area contributed by atoms with E-state index in [1.807, 2.05) is 36.4 Å². The van der Waals surface area contributed by atoms with Gasteiger partial charge >= 0.3 is 6.09 Å². The predicted octanol–water partition coefficient (Wildman–Crippen LogP) is 7.36. The summed E-state index contributed by atoms with van der Waals surface area (Å²) in [5, 5.41) is 19.4. The summed E-state index contributed by atoms with van der Waals surface area (Å²) in [5.41, 5.74) is -0.133. The molecule has 0 spiro atoms. The first-order valence-corrected chi connectivity index (χ1v) is 13.7. The SMILES string of the molecule is COc1ccc(C#N)c(-c2c(Cl)c(F)cc3c2[C@H](COCc2ccccc2)[C@@](CN(C)C(=O)O)(c2ccccc2)O3)c1F. The quantitative estimate of drug-likeness (QED) is 0.215. The molecule has 43 heavy (non-hydrogen) atoms. The largest absolute Gasteiger partial charge is 0.494 e. The molecule has 1 aliphatic heterocycles. The average Bonchev–Trinajstić information content (AvgIpc) is 3.31. The first kappa shape index (κ1) is 29.8. The number of methoxy groups -OCH3 is 1. The van der Waals surface area contributed by atoms with Crippen molar-refractivity contribution < 1.29 is 32.9 Å². The molecular weight excluding hydrogens is 578 g/mol. The molecular formula is C33H27ClF2N2O5. The van der Waals surface area contributed by atoms with Gasteiger partial charge in [0.15, 0.2) is 17.2 Å². The van der Waals surface area contributed by atoms with Crippen LogP contribution >= 0.6 is 11.6 Å². The van der Waals surface area contributed by atoms with Crippen LogP contribution in [-0.4, -0.2) is 43.4 Å². The summed E-state index contributed by atoms with van der Waals surface area (Å²) < 4.78 is 49.5. The van der Waals surface area contributed by atoms with Crippen molar-refractivity contribution in [3.05, 3.63) is 118 Å². The van der Waals surface area contributed by atoms with Crippen molar-refractivity contribution in [3.8, 4) is 28.7 Å². The van der Waals surface area contributed by atoms with E-state index in [4.69, 9.17) is 25.8 Å². The van der Waals surface area contributed by atoms with Crippen molar-refractivity contribution in [1.82, 2.24) is 4.90 Å². The van der Waals surface area contributed by atoms with Gasteiger partial charge in [0.25, 0.3) is 0 Å². The second-order valence-electron chi connectivity index (χ2n) is 10.1. The summed E-state index contributed by atoms with van der Waals surface area (Å²) in [4.78, 5) is 13.2. The summed E-state index contributed by atoms with van der Waals surface area (Å²) in [7, 11) is 2.67. The Bertz CT molecular complexity index is 1700. The van der Waals surface area contributed by atoms with Crippen LogP contribution in [-0.2, 0) is 16.9 Å². The molecule has 10 heteroatoms. The van der Waals surface area contributed by atoms with Gasteiger partial charge in [-0.05, 0) is 23.3 Å². The van der Waals surface area contributed by atoms with Gasteiger partial charge < -0.3 is 24.2 Å². The molecule has 0 unspecified atom stereocenters. The van der Waals surface area contributed by atoms with Gasteiger partial charge in [-0.25, -0.2) is 13.6 Å². The van der Waals surface area contributed by atoms with Crippen LogP contribution < -0.4 is 9.47 Å². The highest BCUT2D eigenvalue weighted by Crippen LogP contribution is 2.57. The van der Waals surface area contributed by atoms with E-state index in [-0.39, 0.29) is 53.5 Å². The maximum absolute atomic E-state index is 16.0. The highest BCUT2D eigenvalue weighted by atomic mass is 35.5. The lowest BCUT2D eigenvalue weighted by atomic mass is 9.76. The molecule has 0 saturated carbocycles. The van der Waals surface area contributed by atoms with E-state index in [2.05, 4.69) is 0 Å². The number of amides is 1. The lowest BCUT2D eigenvalue weighted by Crippen LogP contribution is -2.48. The Balaban J connectivity index is 1.78. The number of rotatable bonds is 9. The van der Waals surface area contributed by atoms with Crippen molar-refractivity contribution in [2.45, 2.75) is 18.1 Å². The number of nitriles is 1. The van der Waals surface area contributed by atoms with Gasteiger partial charge in [0.1, 0.15) is 11.6 Å². The molecule has 1 heterocycles. The molecule has 4 aromatic rings. The van der Waals surface area contributed by atoms with Crippen LogP contribution in [0.15, 0.2) is 78.9 Å². The van der Waals surface area contributed by atoms with Gasteiger partial charge in [-0.2, -0.15) is 5.26 Å². The number of hydrogen-bond donors (Lipinski definition) is 1. The first-order valence-electron chi connectivity index (χ1n) is 13.3. The summed E-state index contributed by atoms with van der Waals surface area (Å²) in [6.07, 6.45) is -1.21. The molecule has 7 nitrogen and oxygen atoms in total. The maximum Gasteiger partial charge on any atom is 0.407 e. The fourth-order valence-corrected chi connectivity index (χ4v) is 5.82. The number of likely N-dealkylation sites (N-methyl/N-ethyl adjacent to an activating group) is 1. The normalized spacial score (nSPS) is 17.1. The Morgan fingerprint density at radius 1 is 1.09 bits per heavy atom. The predicted molar refractivity (Wildman–Crippen MR) is 156 cm³/mol. The second-order valence-corrected chi connectivity index (χ2v) is 10.5. The molecule has 0 radical (unpaired) electrons. The number of fused-ring (bicyclic) bond motifs is 1. The molecule has 0 aliphatic carbocycles. The number of carbonyl (C=O) groups is 1. The summed E-state index contributed by atoms with van der Waals surface area (Å²) in [6.45, 7) is -0.0367. The maximum atomic E-state index is 16.0. The molecule has 5 rings (SSSR count). The molecule has 0 fully saturated rings. The fraction of sp³-hybridized carbons (Fsp3) is 0.212. The second kappa shape index (κ2) is 12.3. The zero-order chi connectivity index (χ0) is 30.7. The molecule has 0 aromatic heterocycles. The topological polar surface area (TPSA) is 92.0 Å². The van der Waals surface area contributed by atoms with Crippen molar-refractivity contribution in [3.63, 3.8) is 0 Å². The molecule has 220 valence electrons. The number of halogens is 3. The molecule has 0 bridgehead atoms. The zero-order valence-corrected chi connectivity index (χ0v) is 24.1. The Kier molecular flexibility index (Phi) is 8.53. The summed E-state index contributed by atoms with van der Waals surface area (Å²) in [6, 6.07) is 24.0. The molecule has 4 aromatic carbocycles. The van der Waals surface area contributed by atoms with Gasteiger partial charge in [-0.15, -0.1) is 0 Å². The molecule has 1 aliphatic rings. The number of ether oxygens (including phenoxy) is 3. The average molecular weight is 605 g/mol. The van der Waals surface area contributed by atoms with E-state index >= 15 is 8.78 Å². The molecule has 1 amide bonds. The van der Waals surface area contributed by atoms with E-state index < -0.39 is 34.3 Å². The molecule has 1 N–H and O–H groups in total. The summed E-state index contributed by atoms with van der Waals surface area (Å²) in [5.74, 6) is -2.78. The highest BCUT2D eigenvalue weighted by molar-refractivity contribution is 6.34. The minimum atomic E-state index is -1.44. The number of nitrogens with zero attached hydrogens (tertiary/aromatic N) is 2. The fourth-order valence-electron chi connectivity index (χ4n) is 5.57. The number of hydrogen-bond acceptors (Lipinski definition) is 5.